The van der Waals surface area contributed by atoms with Crippen molar-refractivity contribution in [3.63, 3.8) is 0 Å². The lowest BCUT2D eigenvalue weighted by molar-refractivity contribution is -0.123. The quantitative estimate of drug-likeness (QED) is 0.869. The molecule has 0 bridgehead atoms. The summed E-state index contributed by atoms with van der Waals surface area (Å²) in [5, 5.41) is 11.7. The van der Waals surface area contributed by atoms with E-state index in [1.807, 2.05) is 35.9 Å². The third kappa shape index (κ3) is 4.58. The Labute approximate surface area is 146 Å². The van der Waals surface area contributed by atoms with Gasteiger partial charge in [-0.05, 0) is 36.7 Å². The van der Waals surface area contributed by atoms with Crippen LogP contribution in [0, 0.1) is 0 Å². The highest BCUT2D eigenvalue weighted by atomic mass is 32.2. The molecule has 1 saturated carbocycles. The van der Waals surface area contributed by atoms with Gasteiger partial charge in [0.15, 0.2) is 5.16 Å². The number of nitrogens with zero attached hydrogens (tertiary/aromatic N) is 3. The molecule has 7 heteroatoms. The Bertz CT molecular complexity index is 683. The van der Waals surface area contributed by atoms with Crippen molar-refractivity contribution >= 4 is 23.4 Å². The molecular formula is C17H22N4O2S. The van der Waals surface area contributed by atoms with E-state index in [0.29, 0.717) is 0 Å². The van der Waals surface area contributed by atoms with E-state index < -0.39 is 0 Å². The van der Waals surface area contributed by atoms with Gasteiger partial charge in [0.2, 0.25) is 5.91 Å². The first kappa shape index (κ1) is 17.0. The minimum Gasteiger partial charge on any atom is -0.368 e. The number of carbonyl (C=O) groups excluding carboxylic acids is 1. The van der Waals surface area contributed by atoms with Crippen molar-refractivity contribution < 1.29 is 9.53 Å². The van der Waals surface area contributed by atoms with E-state index in [0.717, 1.165) is 28.6 Å². The summed E-state index contributed by atoms with van der Waals surface area (Å²) in [6.07, 6.45) is 7.68. The van der Waals surface area contributed by atoms with Crippen molar-refractivity contribution in [2.24, 2.45) is 7.05 Å². The van der Waals surface area contributed by atoms with E-state index in [9.17, 15) is 4.79 Å². The van der Waals surface area contributed by atoms with E-state index in [1.165, 1.54) is 31.0 Å². The monoisotopic (exact) mass is 346 g/mol. The van der Waals surface area contributed by atoms with Crippen LogP contribution in [0.1, 0.15) is 32.1 Å². The van der Waals surface area contributed by atoms with Crippen LogP contribution in [0.4, 0.5) is 5.69 Å². The van der Waals surface area contributed by atoms with Gasteiger partial charge in [0, 0.05) is 11.9 Å². The van der Waals surface area contributed by atoms with Crippen LogP contribution in [0.5, 0.6) is 0 Å². The number of rotatable bonds is 6. The summed E-state index contributed by atoms with van der Waals surface area (Å²) >= 11 is 1.47. The van der Waals surface area contributed by atoms with Crippen molar-refractivity contribution in [1.29, 1.82) is 0 Å². The molecule has 1 fully saturated rings. The zero-order valence-corrected chi connectivity index (χ0v) is 14.6. The number of hydrogen-bond donors (Lipinski definition) is 1. The third-order valence-electron chi connectivity index (χ3n) is 4.03. The van der Waals surface area contributed by atoms with E-state index in [2.05, 4.69) is 15.5 Å². The molecule has 0 spiro atoms. The Morgan fingerprint density at radius 2 is 2.12 bits per heavy atom. The normalized spacial score (nSPS) is 15.4. The molecular weight excluding hydrogens is 324 g/mol. The average molecular weight is 346 g/mol. The largest absolute Gasteiger partial charge is 0.368 e. The Morgan fingerprint density at radius 1 is 1.33 bits per heavy atom. The maximum absolute atomic E-state index is 12.2. The molecule has 0 unspecified atom stereocenters. The third-order valence-corrected chi connectivity index (χ3v) is 5.16. The number of amides is 1. The standard InChI is InChI=1S/C17H22N4O2S/c1-21-12-18-20-17(21)24-15-10-6-5-9-14(15)19-16(22)11-23-13-7-3-2-4-8-13/h5-6,9-10,12-13H,2-4,7-8,11H2,1H3,(H,19,22). The Hall–Kier alpha value is -1.86. The number of ether oxygens (including phenoxy) is 1. The van der Waals surface area contributed by atoms with Crippen molar-refractivity contribution in [3.8, 4) is 0 Å². The van der Waals surface area contributed by atoms with Gasteiger partial charge < -0.3 is 14.6 Å². The molecule has 1 amide bonds. The summed E-state index contributed by atoms with van der Waals surface area (Å²) in [4.78, 5) is 13.1. The van der Waals surface area contributed by atoms with Crippen LogP contribution in [0.15, 0.2) is 40.6 Å². The average Bonchev–Trinajstić information content (AvgIpc) is 3.01. The van der Waals surface area contributed by atoms with Crippen LogP contribution in [0.3, 0.4) is 0 Å². The zero-order valence-electron chi connectivity index (χ0n) is 13.8. The van der Waals surface area contributed by atoms with E-state index in [1.54, 1.807) is 6.33 Å². The minimum atomic E-state index is -0.119. The maximum atomic E-state index is 12.2. The molecule has 3 rings (SSSR count). The van der Waals surface area contributed by atoms with Gasteiger partial charge in [0.25, 0.3) is 0 Å². The van der Waals surface area contributed by atoms with Gasteiger partial charge in [-0.15, -0.1) is 10.2 Å². The Kier molecular flexibility index (Phi) is 5.87. The fourth-order valence-electron chi connectivity index (χ4n) is 2.73. The molecule has 0 aliphatic heterocycles. The van der Waals surface area contributed by atoms with Crippen LogP contribution < -0.4 is 5.32 Å². The minimum absolute atomic E-state index is 0.105. The molecule has 1 aliphatic carbocycles. The van der Waals surface area contributed by atoms with Gasteiger partial charge in [-0.1, -0.05) is 31.4 Å². The van der Waals surface area contributed by atoms with Gasteiger partial charge in [-0.3, -0.25) is 4.79 Å². The van der Waals surface area contributed by atoms with E-state index >= 15 is 0 Å². The highest BCUT2D eigenvalue weighted by Crippen LogP contribution is 2.31. The molecule has 6 nitrogen and oxygen atoms in total. The number of anilines is 1. The van der Waals surface area contributed by atoms with Gasteiger partial charge in [0.1, 0.15) is 12.9 Å². The molecule has 1 heterocycles. The molecule has 128 valence electrons. The lowest BCUT2D eigenvalue weighted by Gasteiger charge is -2.21. The summed E-state index contributed by atoms with van der Waals surface area (Å²) in [6, 6.07) is 7.68. The van der Waals surface area contributed by atoms with Crippen molar-refractivity contribution in [2.45, 2.75) is 48.3 Å². The fourth-order valence-corrected chi connectivity index (χ4v) is 3.59. The van der Waals surface area contributed by atoms with Crippen LogP contribution in [0.2, 0.25) is 0 Å². The highest BCUT2D eigenvalue weighted by molar-refractivity contribution is 7.99. The second-order valence-corrected chi connectivity index (χ2v) is 6.95. The second kappa shape index (κ2) is 8.30. The van der Waals surface area contributed by atoms with Crippen LogP contribution in [-0.4, -0.2) is 33.4 Å². The smallest absolute Gasteiger partial charge is 0.250 e. The maximum Gasteiger partial charge on any atom is 0.250 e. The van der Waals surface area contributed by atoms with E-state index in [-0.39, 0.29) is 18.6 Å². The predicted octanol–water partition coefficient (Wildman–Crippen LogP) is 3.25. The van der Waals surface area contributed by atoms with Crippen molar-refractivity contribution in [1.82, 2.24) is 14.8 Å². The van der Waals surface area contributed by atoms with Gasteiger partial charge in [0.05, 0.1) is 11.8 Å². The molecule has 1 N–H and O–H groups in total. The molecule has 0 atom stereocenters. The highest BCUT2D eigenvalue weighted by Gasteiger charge is 2.16. The summed E-state index contributed by atoms with van der Waals surface area (Å²) in [5.41, 5.74) is 0.766. The first-order valence-electron chi connectivity index (χ1n) is 8.24. The summed E-state index contributed by atoms with van der Waals surface area (Å²) < 4.78 is 7.58. The topological polar surface area (TPSA) is 69.0 Å². The Balaban J connectivity index is 1.58. The number of hydrogen-bond acceptors (Lipinski definition) is 5. The van der Waals surface area contributed by atoms with Crippen LogP contribution in [0.25, 0.3) is 0 Å². The lowest BCUT2D eigenvalue weighted by Crippen LogP contribution is -2.24. The van der Waals surface area contributed by atoms with E-state index in [4.69, 9.17) is 4.74 Å². The fraction of sp³-hybridized carbons (Fsp3) is 0.471. The lowest BCUT2D eigenvalue weighted by atomic mass is 9.98. The second-order valence-electron chi connectivity index (χ2n) is 5.94. The summed E-state index contributed by atoms with van der Waals surface area (Å²) in [5.74, 6) is -0.119. The summed E-state index contributed by atoms with van der Waals surface area (Å²) in [6.45, 7) is 0.105. The number of para-hydroxylation sites is 1. The SMILES string of the molecule is Cn1cnnc1Sc1ccccc1NC(=O)COC1CCCCC1. The predicted molar refractivity (Wildman–Crippen MR) is 93.0 cm³/mol. The van der Waals surface area contributed by atoms with Crippen LogP contribution >= 0.6 is 11.8 Å². The van der Waals surface area contributed by atoms with Gasteiger partial charge in [-0.2, -0.15) is 0 Å². The first-order valence-corrected chi connectivity index (χ1v) is 9.06. The molecule has 1 aromatic carbocycles. The Morgan fingerprint density at radius 3 is 2.88 bits per heavy atom. The molecule has 1 aromatic heterocycles. The number of aryl methyl sites for hydroxylation is 1. The van der Waals surface area contributed by atoms with Crippen LogP contribution in [-0.2, 0) is 16.6 Å². The summed E-state index contributed by atoms with van der Waals surface area (Å²) in [7, 11) is 1.89. The van der Waals surface area contributed by atoms with Crippen molar-refractivity contribution in [3.05, 3.63) is 30.6 Å². The molecule has 0 radical (unpaired) electrons. The number of aromatic nitrogens is 3. The van der Waals surface area contributed by atoms with Crippen molar-refractivity contribution in [2.75, 3.05) is 11.9 Å². The zero-order chi connectivity index (χ0) is 16.8. The molecule has 24 heavy (non-hydrogen) atoms. The number of carbonyl (C=O) groups is 1. The number of benzene rings is 1. The van der Waals surface area contributed by atoms with Gasteiger partial charge in [-0.25, -0.2) is 0 Å². The van der Waals surface area contributed by atoms with Gasteiger partial charge >= 0.3 is 0 Å². The molecule has 2 aromatic rings. The number of nitrogens with one attached hydrogen (secondary N) is 1. The molecule has 1 aliphatic rings. The first-order chi connectivity index (χ1) is 11.7. The molecule has 0 saturated heterocycles.